The molecule has 0 radical (unpaired) electrons. The third-order valence-electron chi connectivity index (χ3n) is 9.02. The molecule has 3 heteroatoms. The summed E-state index contributed by atoms with van der Waals surface area (Å²) in [4.78, 5) is 21.9. The molecule has 1 N–H and O–H groups in total. The van der Waals surface area contributed by atoms with E-state index in [0.29, 0.717) is 18.1 Å². The minimum absolute atomic E-state index is 0.321. The molecule has 0 saturated heterocycles. The summed E-state index contributed by atoms with van der Waals surface area (Å²) in [5, 5.41) is 8.88. The van der Waals surface area contributed by atoms with Gasteiger partial charge < -0.3 is 9.90 Å². The average molecular weight is 559 g/mol. The lowest BCUT2D eigenvalue weighted by atomic mass is 9.70. The number of hydrogen-bond acceptors (Lipinski definition) is 2. The molecule has 0 bridgehead atoms. The molecular formula is C37H66O3. The van der Waals surface area contributed by atoms with Gasteiger partial charge in [0.05, 0.1) is 0 Å². The summed E-state index contributed by atoms with van der Waals surface area (Å²) in [6, 6.07) is 0. The van der Waals surface area contributed by atoms with Crippen LogP contribution in [0.3, 0.4) is 0 Å². The highest BCUT2D eigenvalue weighted by molar-refractivity contribution is 5.75. The van der Waals surface area contributed by atoms with Crippen LogP contribution >= 0.6 is 0 Å². The van der Waals surface area contributed by atoms with E-state index in [1.54, 1.807) is 6.92 Å². The number of Topliss-reactive ketones (excluding diaryl/α,β-unsaturated/α-hetero) is 1. The van der Waals surface area contributed by atoms with Gasteiger partial charge in [-0.3, -0.25) is 4.79 Å². The molecule has 40 heavy (non-hydrogen) atoms. The fourth-order valence-corrected chi connectivity index (χ4v) is 6.58. The first-order valence-electron chi connectivity index (χ1n) is 17.6. The van der Waals surface area contributed by atoms with Gasteiger partial charge in [0, 0.05) is 18.8 Å². The number of carboxylic acid groups (broad SMARTS) is 1. The maximum absolute atomic E-state index is 11.1. The molecule has 0 aromatic carbocycles. The summed E-state index contributed by atoms with van der Waals surface area (Å²) in [6.07, 6.45) is 36.5. The lowest BCUT2D eigenvalue weighted by Crippen LogP contribution is -2.22. The second kappa shape index (κ2) is 25.3. The van der Waals surface area contributed by atoms with Crippen molar-refractivity contribution in [3.05, 3.63) is 23.3 Å². The van der Waals surface area contributed by atoms with Crippen molar-refractivity contribution in [1.82, 2.24) is 0 Å². The average Bonchev–Trinajstić information content (AvgIpc) is 2.93. The van der Waals surface area contributed by atoms with Crippen LogP contribution in [0.25, 0.3) is 0 Å². The van der Waals surface area contributed by atoms with Crippen molar-refractivity contribution in [2.45, 2.75) is 188 Å². The maximum Gasteiger partial charge on any atom is 0.303 e. The molecule has 1 aliphatic rings. The molecule has 0 saturated carbocycles. The van der Waals surface area contributed by atoms with E-state index in [9.17, 15) is 9.59 Å². The van der Waals surface area contributed by atoms with Crippen LogP contribution in [0.5, 0.6) is 0 Å². The highest BCUT2D eigenvalue weighted by atomic mass is 16.4. The molecule has 0 amide bonds. The number of unbranched alkanes of at least 4 members (excludes halogenated alkanes) is 15. The Morgan fingerprint density at radius 1 is 0.725 bits per heavy atom. The summed E-state index contributed by atoms with van der Waals surface area (Å²) in [7, 11) is 0. The molecule has 2 atom stereocenters. The van der Waals surface area contributed by atoms with Crippen molar-refractivity contribution in [3.63, 3.8) is 0 Å². The van der Waals surface area contributed by atoms with Crippen molar-refractivity contribution >= 4 is 11.8 Å². The first kappa shape index (κ1) is 36.6. The van der Waals surface area contributed by atoms with Crippen LogP contribution in [-0.2, 0) is 9.59 Å². The fourth-order valence-electron chi connectivity index (χ4n) is 6.58. The largest absolute Gasteiger partial charge is 0.481 e. The minimum atomic E-state index is -0.659. The third kappa shape index (κ3) is 18.9. The molecule has 0 spiro atoms. The number of ketones is 1. The van der Waals surface area contributed by atoms with Gasteiger partial charge in [-0.2, -0.15) is 0 Å². The molecule has 0 fully saturated rings. The van der Waals surface area contributed by atoms with E-state index in [1.807, 2.05) is 11.1 Å². The Hall–Kier alpha value is -1.38. The van der Waals surface area contributed by atoms with Crippen molar-refractivity contribution in [2.75, 3.05) is 0 Å². The molecule has 2 unspecified atom stereocenters. The van der Waals surface area contributed by atoms with E-state index < -0.39 is 5.97 Å². The van der Waals surface area contributed by atoms with Crippen molar-refractivity contribution in [3.8, 4) is 0 Å². The van der Waals surface area contributed by atoms with Crippen molar-refractivity contribution in [1.29, 1.82) is 0 Å². The second-order valence-corrected chi connectivity index (χ2v) is 12.7. The quantitative estimate of drug-likeness (QED) is 0.0805. The lowest BCUT2D eigenvalue weighted by Gasteiger charge is -2.35. The van der Waals surface area contributed by atoms with E-state index >= 15 is 0 Å². The summed E-state index contributed by atoms with van der Waals surface area (Å²) >= 11 is 0. The van der Waals surface area contributed by atoms with Gasteiger partial charge in [0.25, 0.3) is 0 Å². The zero-order valence-corrected chi connectivity index (χ0v) is 27.0. The fraction of sp³-hybridized carbons (Fsp3) is 0.838. The molecule has 0 aromatic heterocycles. The summed E-state index contributed by atoms with van der Waals surface area (Å²) in [6.45, 7) is 6.32. The van der Waals surface area contributed by atoms with E-state index in [0.717, 1.165) is 31.6 Å². The number of allylic oxidation sites excluding steroid dienone is 4. The summed E-state index contributed by atoms with van der Waals surface area (Å²) in [5.41, 5.74) is 3.64. The van der Waals surface area contributed by atoms with Crippen LogP contribution in [0, 0.1) is 11.8 Å². The van der Waals surface area contributed by atoms with Crippen molar-refractivity contribution in [2.24, 2.45) is 11.8 Å². The number of rotatable bonds is 27. The van der Waals surface area contributed by atoms with Gasteiger partial charge >= 0.3 is 5.97 Å². The number of hydrogen-bond donors (Lipinski definition) is 1. The Balaban J connectivity index is 2.77. The van der Waals surface area contributed by atoms with E-state index in [-0.39, 0.29) is 0 Å². The summed E-state index contributed by atoms with van der Waals surface area (Å²) < 4.78 is 0. The standard InChI is InChI=1S/C37H66O3/c1-4-6-8-19-25-33-30-31-34(26-20-15-13-17-23-29-37(39)40)36(35(33)27-21-9-7-5-2)28-22-16-12-10-11-14-18-24-32(3)38/h22,28,34,36H,4-21,23-27,29-31H2,1-3H3,(H,39,40)/b28-22+. The Labute approximate surface area is 249 Å². The first-order valence-corrected chi connectivity index (χ1v) is 17.6. The Morgan fingerprint density at radius 3 is 1.95 bits per heavy atom. The number of carbonyl (C=O) groups excluding carboxylic acids is 1. The normalized spacial score (nSPS) is 17.7. The number of aliphatic carboxylic acids is 1. The molecule has 232 valence electrons. The van der Waals surface area contributed by atoms with Gasteiger partial charge in [-0.25, -0.2) is 0 Å². The van der Waals surface area contributed by atoms with Crippen LogP contribution < -0.4 is 0 Å². The van der Waals surface area contributed by atoms with Crippen LogP contribution in [0.15, 0.2) is 23.3 Å². The lowest BCUT2D eigenvalue weighted by molar-refractivity contribution is -0.137. The maximum atomic E-state index is 11.1. The predicted molar refractivity (Wildman–Crippen MR) is 173 cm³/mol. The molecule has 0 heterocycles. The molecule has 1 aliphatic carbocycles. The van der Waals surface area contributed by atoms with Gasteiger partial charge in [-0.05, 0) is 83.5 Å². The second-order valence-electron chi connectivity index (χ2n) is 12.7. The third-order valence-corrected chi connectivity index (χ3v) is 9.02. The molecular weight excluding hydrogens is 492 g/mol. The SMILES string of the molecule is CCCCCCC1=C(CCCCCC)C(/C=C/CCCCCCCC(C)=O)C(CCCCCCCC(=O)O)CC1. The smallest absolute Gasteiger partial charge is 0.303 e. The van der Waals surface area contributed by atoms with Crippen molar-refractivity contribution < 1.29 is 14.7 Å². The zero-order chi connectivity index (χ0) is 29.3. The molecule has 0 aromatic rings. The van der Waals surface area contributed by atoms with E-state index in [2.05, 4.69) is 26.0 Å². The van der Waals surface area contributed by atoms with Crippen LogP contribution in [0.1, 0.15) is 188 Å². The van der Waals surface area contributed by atoms with Gasteiger partial charge in [0.15, 0.2) is 0 Å². The minimum Gasteiger partial charge on any atom is -0.481 e. The monoisotopic (exact) mass is 559 g/mol. The Bertz CT molecular complexity index is 704. The summed E-state index contributed by atoms with van der Waals surface area (Å²) in [5.74, 6) is 1.08. The number of carboxylic acids is 1. The molecule has 3 nitrogen and oxygen atoms in total. The topological polar surface area (TPSA) is 54.4 Å². The van der Waals surface area contributed by atoms with E-state index in [4.69, 9.17) is 5.11 Å². The van der Waals surface area contributed by atoms with E-state index in [1.165, 1.54) is 135 Å². The van der Waals surface area contributed by atoms with Gasteiger partial charge in [0.1, 0.15) is 5.78 Å². The Kier molecular flexibility index (Phi) is 23.2. The first-order chi connectivity index (χ1) is 19.5. The highest BCUT2D eigenvalue weighted by Crippen LogP contribution is 2.42. The number of carbonyl (C=O) groups is 2. The zero-order valence-electron chi connectivity index (χ0n) is 27.0. The predicted octanol–water partition coefficient (Wildman–Crippen LogP) is 11.9. The van der Waals surface area contributed by atoms with Gasteiger partial charge in [-0.15, -0.1) is 0 Å². The van der Waals surface area contributed by atoms with Crippen LogP contribution in [0.4, 0.5) is 0 Å². The molecule has 1 rings (SSSR count). The van der Waals surface area contributed by atoms with Crippen LogP contribution in [-0.4, -0.2) is 16.9 Å². The van der Waals surface area contributed by atoms with Crippen LogP contribution in [0.2, 0.25) is 0 Å². The van der Waals surface area contributed by atoms with Gasteiger partial charge in [0.2, 0.25) is 0 Å². The Morgan fingerprint density at radius 2 is 1.30 bits per heavy atom. The molecule has 0 aliphatic heterocycles. The van der Waals surface area contributed by atoms with Gasteiger partial charge in [-0.1, -0.05) is 121 Å². The highest BCUT2D eigenvalue weighted by Gasteiger charge is 2.29.